The topological polar surface area (TPSA) is 97.2 Å². The SMILES string of the molecule is CCOCCCC(=O)Nc1cccc(-c2noc(=O)[nH]2)c1. The van der Waals surface area contributed by atoms with Crippen molar-refractivity contribution < 1.29 is 14.1 Å². The molecule has 0 atom stereocenters. The lowest BCUT2D eigenvalue weighted by Crippen LogP contribution is -2.12. The van der Waals surface area contributed by atoms with Crippen LogP contribution in [0.3, 0.4) is 0 Å². The number of carbonyl (C=O) groups excluding carboxylic acids is 1. The average Bonchev–Trinajstić information content (AvgIpc) is 2.91. The van der Waals surface area contributed by atoms with E-state index in [2.05, 4.69) is 20.0 Å². The summed E-state index contributed by atoms with van der Waals surface area (Å²) in [5.74, 6) is -0.372. The largest absolute Gasteiger partial charge is 0.439 e. The van der Waals surface area contributed by atoms with Gasteiger partial charge in [0.1, 0.15) is 0 Å². The molecule has 1 amide bonds. The molecule has 0 unspecified atom stereocenters. The molecule has 0 fully saturated rings. The summed E-state index contributed by atoms with van der Waals surface area (Å²) in [4.78, 5) is 25.2. The molecule has 112 valence electrons. The molecule has 0 saturated carbocycles. The predicted octanol–water partition coefficient (Wildman–Crippen LogP) is 1.79. The Labute approximate surface area is 121 Å². The Morgan fingerprint density at radius 3 is 3.05 bits per heavy atom. The van der Waals surface area contributed by atoms with Crippen LogP contribution >= 0.6 is 0 Å². The van der Waals surface area contributed by atoms with Crippen molar-refractivity contribution in [1.82, 2.24) is 10.1 Å². The fourth-order valence-electron chi connectivity index (χ4n) is 1.80. The maximum atomic E-state index is 11.8. The average molecular weight is 291 g/mol. The van der Waals surface area contributed by atoms with E-state index in [-0.39, 0.29) is 5.91 Å². The Bertz CT molecular complexity index is 647. The fraction of sp³-hybridized carbons (Fsp3) is 0.357. The molecule has 0 saturated heterocycles. The number of hydrogen-bond acceptors (Lipinski definition) is 5. The van der Waals surface area contributed by atoms with Crippen LogP contribution in [0.5, 0.6) is 0 Å². The number of nitrogens with one attached hydrogen (secondary N) is 2. The number of ether oxygens (including phenoxy) is 1. The van der Waals surface area contributed by atoms with Gasteiger partial charge in [-0.05, 0) is 25.5 Å². The van der Waals surface area contributed by atoms with E-state index in [9.17, 15) is 9.59 Å². The molecule has 1 heterocycles. The third kappa shape index (κ3) is 4.57. The number of aromatic amines is 1. The Kier molecular flexibility index (Phi) is 5.28. The molecule has 2 aromatic rings. The first-order valence-corrected chi connectivity index (χ1v) is 6.73. The molecule has 0 radical (unpaired) electrons. The van der Waals surface area contributed by atoms with Gasteiger partial charge in [-0.2, -0.15) is 0 Å². The van der Waals surface area contributed by atoms with Crippen molar-refractivity contribution in [3.63, 3.8) is 0 Å². The second kappa shape index (κ2) is 7.39. The van der Waals surface area contributed by atoms with Gasteiger partial charge in [0, 0.05) is 30.9 Å². The maximum absolute atomic E-state index is 11.8. The predicted molar refractivity (Wildman–Crippen MR) is 76.9 cm³/mol. The van der Waals surface area contributed by atoms with Gasteiger partial charge in [0.2, 0.25) is 5.91 Å². The standard InChI is InChI=1S/C14H17N3O4/c1-2-20-8-4-7-12(18)15-11-6-3-5-10(9-11)13-16-14(19)21-17-13/h3,5-6,9H,2,4,7-8H2,1H3,(H,15,18)(H,16,17,19). The quantitative estimate of drug-likeness (QED) is 0.758. The summed E-state index contributed by atoms with van der Waals surface area (Å²) in [6.45, 7) is 3.14. The van der Waals surface area contributed by atoms with E-state index in [1.807, 2.05) is 6.92 Å². The van der Waals surface area contributed by atoms with Crippen LogP contribution in [0.4, 0.5) is 5.69 Å². The van der Waals surface area contributed by atoms with Crippen LogP contribution in [0, 0.1) is 0 Å². The Morgan fingerprint density at radius 2 is 2.33 bits per heavy atom. The first-order valence-electron chi connectivity index (χ1n) is 6.73. The highest BCUT2D eigenvalue weighted by Gasteiger charge is 2.07. The molecular formula is C14H17N3O4. The zero-order valence-corrected chi connectivity index (χ0v) is 11.7. The van der Waals surface area contributed by atoms with E-state index in [0.717, 1.165) is 0 Å². The van der Waals surface area contributed by atoms with Gasteiger partial charge >= 0.3 is 5.76 Å². The van der Waals surface area contributed by atoms with Crippen LogP contribution < -0.4 is 11.1 Å². The summed E-state index contributed by atoms with van der Waals surface area (Å²) >= 11 is 0. The number of anilines is 1. The number of benzene rings is 1. The van der Waals surface area contributed by atoms with E-state index in [0.29, 0.717) is 43.1 Å². The molecule has 0 aliphatic heterocycles. The van der Waals surface area contributed by atoms with Gasteiger partial charge in [-0.1, -0.05) is 17.3 Å². The summed E-state index contributed by atoms with van der Waals surface area (Å²) in [7, 11) is 0. The van der Waals surface area contributed by atoms with E-state index in [1.165, 1.54) is 0 Å². The summed E-state index contributed by atoms with van der Waals surface area (Å²) < 4.78 is 9.63. The maximum Gasteiger partial charge on any atom is 0.439 e. The molecule has 7 heteroatoms. The number of rotatable bonds is 7. The second-order valence-corrected chi connectivity index (χ2v) is 4.37. The molecule has 2 N–H and O–H groups in total. The highest BCUT2D eigenvalue weighted by atomic mass is 16.5. The number of hydrogen-bond donors (Lipinski definition) is 2. The number of nitrogens with zero attached hydrogens (tertiary/aromatic N) is 1. The van der Waals surface area contributed by atoms with Crippen LogP contribution in [0.15, 0.2) is 33.6 Å². The van der Waals surface area contributed by atoms with E-state index in [4.69, 9.17) is 4.74 Å². The van der Waals surface area contributed by atoms with Crippen molar-refractivity contribution >= 4 is 11.6 Å². The number of H-pyrrole nitrogens is 1. The van der Waals surface area contributed by atoms with Gasteiger partial charge in [0.05, 0.1) is 0 Å². The van der Waals surface area contributed by atoms with Crippen molar-refractivity contribution in [2.45, 2.75) is 19.8 Å². The number of amides is 1. The Morgan fingerprint density at radius 1 is 1.48 bits per heavy atom. The summed E-state index contributed by atoms with van der Waals surface area (Å²) in [5, 5.41) is 6.39. The molecule has 1 aromatic heterocycles. The van der Waals surface area contributed by atoms with E-state index < -0.39 is 5.76 Å². The summed E-state index contributed by atoms with van der Waals surface area (Å²) in [5.41, 5.74) is 1.30. The molecule has 0 spiro atoms. The fourth-order valence-corrected chi connectivity index (χ4v) is 1.80. The van der Waals surface area contributed by atoms with Crippen LogP contribution in [0.1, 0.15) is 19.8 Å². The molecule has 0 aliphatic carbocycles. The normalized spacial score (nSPS) is 10.5. The minimum atomic E-state index is -0.615. The lowest BCUT2D eigenvalue weighted by Gasteiger charge is -2.06. The van der Waals surface area contributed by atoms with E-state index >= 15 is 0 Å². The van der Waals surface area contributed by atoms with Gasteiger partial charge in [-0.15, -0.1) is 0 Å². The molecular weight excluding hydrogens is 274 g/mol. The molecule has 21 heavy (non-hydrogen) atoms. The Hall–Kier alpha value is -2.41. The smallest absolute Gasteiger partial charge is 0.382 e. The minimum absolute atomic E-state index is 0.0829. The first-order chi connectivity index (χ1) is 10.2. The highest BCUT2D eigenvalue weighted by molar-refractivity contribution is 5.91. The second-order valence-electron chi connectivity index (χ2n) is 4.37. The van der Waals surface area contributed by atoms with Crippen LogP contribution in [0.2, 0.25) is 0 Å². The van der Waals surface area contributed by atoms with Gasteiger partial charge in [-0.25, -0.2) is 4.79 Å². The van der Waals surface area contributed by atoms with Gasteiger partial charge < -0.3 is 10.1 Å². The highest BCUT2D eigenvalue weighted by Crippen LogP contribution is 2.18. The summed E-state index contributed by atoms with van der Waals surface area (Å²) in [6.07, 6.45) is 1.07. The van der Waals surface area contributed by atoms with Crippen molar-refractivity contribution in [3.05, 3.63) is 34.8 Å². The third-order valence-corrected chi connectivity index (χ3v) is 2.76. The summed E-state index contributed by atoms with van der Waals surface area (Å²) in [6, 6.07) is 7.01. The molecule has 7 nitrogen and oxygen atoms in total. The molecule has 0 aliphatic rings. The third-order valence-electron chi connectivity index (χ3n) is 2.76. The molecule has 2 rings (SSSR count). The van der Waals surface area contributed by atoms with Gasteiger partial charge in [0.25, 0.3) is 0 Å². The van der Waals surface area contributed by atoms with Crippen molar-refractivity contribution in [3.8, 4) is 11.4 Å². The molecule has 1 aromatic carbocycles. The van der Waals surface area contributed by atoms with E-state index in [1.54, 1.807) is 24.3 Å². The van der Waals surface area contributed by atoms with Crippen molar-refractivity contribution in [2.24, 2.45) is 0 Å². The monoisotopic (exact) mass is 291 g/mol. The zero-order chi connectivity index (χ0) is 15.1. The number of carbonyl (C=O) groups is 1. The zero-order valence-electron chi connectivity index (χ0n) is 11.7. The van der Waals surface area contributed by atoms with Gasteiger partial charge in [0.15, 0.2) is 5.82 Å². The van der Waals surface area contributed by atoms with Crippen molar-refractivity contribution in [1.29, 1.82) is 0 Å². The number of aromatic nitrogens is 2. The van der Waals surface area contributed by atoms with Crippen LogP contribution in [0.25, 0.3) is 11.4 Å². The van der Waals surface area contributed by atoms with Crippen molar-refractivity contribution in [2.75, 3.05) is 18.5 Å². The lowest BCUT2D eigenvalue weighted by molar-refractivity contribution is -0.116. The first kappa shape index (κ1) is 15.0. The molecule has 0 bridgehead atoms. The van der Waals surface area contributed by atoms with Crippen LogP contribution in [-0.4, -0.2) is 29.3 Å². The minimum Gasteiger partial charge on any atom is -0.382 e. The van der Waals surface area contributed by atoms with Gasteiger partial charge in [-0.3, -0.25) is 14.3 Å². The Balaban J connectivity index is 1.95. The van der Waals surface area contributed by atoms with Crippen LogP contribution in [-0.2, 0) is 9.53 Å². The lowest BCUT2D eigenvalue weighted by atomic mass is 10.2.